The predicted molar refractivity (Wildman–Crippen MR) is 85.1 cm³/mol. The third-order valence-corrected chi connectivity index (χ3v) is 5.65. The van der Waals surface area contributed by atoms with Gasteiger partial charge in [-0.15, -0.1) is 0 Å². The quantitative estimate of drug-likeness (QED) is 0.839. The average molecular weight is 282 g/mol. The second kappa shape index (κ2) is 6.76. The van der Waals surface area contributed by atoms with E-state index in [4.69, 9.17) is 4.74 Å². The smallest absolute Gasteiger partial charge is 0.0706 e. The SMILES string of the molecule is CCC1(CC)CNC(C(C)C)CN1CC1CCC(C)O1. The van der Waals surface area contributed by atoms with Gasteiger partial charge in [0.25, 0.3) is 0 Å². The van der Waals surface area contributed by atoms with Gasteiger partial charge in [-0.25, -0.2) is 0 Å². The van der Waals surface area contributed by atoms with E-state index in [2.05, 4.69) is 44.8 Å². The lowest BCUT2D eigenvalue weighted by atomic mass is 9.85. The second-order valence-corrected chi connectivity index (χ2v) is 7.21. The normalized spacial score (nSPS) is 34.8. The van der Waals surface area contributed by atoms with Gasteiger partial charge in [0, 0.05) is 31.2 Å². The largest absolute Gasteiger partial charge is 0.374 e. The first-order chi connectivity index (χ1) is 9.50. The molecular weight excluding hydrogens is 248 g/mol. The number of rotatable bonds is 5. The van der Waals surface area contributed by atoms with E-state index in [-0.39, 0.29) is 0 Å². The van der Waals surface area contributed by atoms with Gasteiger partial charge in [-0.2, -0.15) is 0 Å². The molecule has 3 atom stereocenters. The van der Waals surface area contributed by atoms with Gasteiger partial charge in [0.1, 0.15) is 0 Å². The van der Waals surface area contributed by atoms with Crippen LogP contribution >= 0.6 is 0 Å². The summed E-state index contributed by atoms with van der Waals surface area (Å²) in [6, 6.07) is 0.625. The van der Waals surface area contributed by atoms with E-state index in [9.17, 15) is 0 Å². The predicted octanol–water partition coefficient (Wildman–Crippen LogP) is 3.04. The molecule has 1 N–H and O–H groups in total. The Morgan fingerprint density at radius 1 is 1.25 bits per heavy atom. The lowest BCUT2D eigenvalue weighted by molar-refractivity contribution is -0.0310. The van der Waals surface area contributed by atoms with Crippen LogP contribution in [0.25, 0.3) is 0 Å². The van der Waals surface area contributed by atoms with Crippen molar-refractivity contribution < 1.29 is 4.74 Å². The highest BCUT2D eigenvalue weighted by molar-refractivity contribution is 4.99. The van der Waals surface area contributed by atoms with Crippen molar-refractivity contribution in [3.63, 3.8) is 0 Å². The number of piperazine rings is 1. The Balaban J connectivity index is 2.05. The van der Waals surface area contributed by atoms with Crippen molar-refractivity contribution in [2.24, 2.45) is 5.92 Å². The first kappa shape index (κ1) is 16.3. The maximum atomic E-state index is 6.08. The van der Waals surface area contributed by atoms with Crippen molar-refractivity contribution in [3.8, 4) is 0 Å². The Labute approximate surface area is 125 Å². The molecule has 20 heavy (non-hydrogen) atoms. The summed E-state index contributed by atoms with van der Waals surface area (Å²) in [6.07, 6.45) is 5.83. The lowest BCUT2D eigenvalue weighted by Gasteiger charge is -2.51. The fourth-order valence-corrected chi connectivity index (χ4v) is 3.86. The van der Waals surface area contributed by atoms with E-state index in [1.165, 1.54) is 32.2 Å². The summed E-state index contributed by atoms with van der Waals surface area (Å²) in [4.78, 5) is 2.75. The minimum atomic E-state index is 0.334. The number of hydrogen-bond donors (Lipinski definition) is 1. The van der Waals surface area contributed by atoms with Crippen LogP contribution in [0.1, 0.15) is 60.3 Å². The first-order valence-electron chi connectivity index (χ1n) is 8.64. The van der Waals surface area contributed by atoms with Crippen molar-refractivity contribution in [2.75, 3.05) is 19.6 Å². The summed E-state index contributed by atoms with van der Waals surface area (Å²) < 4.78 is 6.08. The fourth-order valence-electron chi connectivity index (χ4n) is 3.86. The summed E-state index contributed by atoms with van der Waals surface area (Å²) in [5.74, 6) is 0.702. The van der Waals surface area contributed by atoms with Gasteiger partial charge in [0.15, 0.2) is 0 Å². The molecule has 0 aromatic heterocycles. The van der Waals surface area contributed by atoms with Gasteiger partial charge in [0.2, 0.25) is 0 Å². The van der Waals surface area contributed by atoms with E-state index in [1.54, 1.807) is 0 Å². The number of nitrogens with one attached hydrogen (secondary N) is 1. The minimum Gasteiger partial charge on any atom is -0.374 e. The zero-order chi connectivity index (χ0) is 14.8. The molecule has 2 rings (SSSR count). The highest BCUT2D eigenvalue weighted by Gasteiger charge is 2.41. The molecule has 2 fully saturated rings. The van der Waals surface area contributed by atoms with Crippen molar-refractivity contribution in [2.45, 2.75) is 84.1 Å². The topological polar surface area (TPSA) is 24.5 Å². The van der Waals surface area contributed by atoms with Crippen LogP contribution < -0.4 is 5.32 Å². The molecule has 0 aromatic carbocycles. The van der Waals surface area contributed by atoms with Crippen LogP contribution in [0.4, 0.5) is 0 Å². The van der Waals surface area contributed by atoms with Gasteiger partial charge >= 0.3 is 0 Å². The molecule has 0 saturated carbocycles. The molecule has 2 aliphatic rings. The van der Waals surface area contributed by atoms with E-state index in [1.807, 2.05) is 0 Å². The molecular formula is C17H34N2O. The monoisotopic (exact) mass is 282 g/mol. The molecule has 0 amide bonds. The van der Waals surface area contributed by atoms with Gasteiger partial charge < -0.3 is 10.1 Å². The second-order valence-electron chi connectivity index (χ2n) is 7.21. The van der Waals surface area contributed by atoms with Crippen LogP contribution in [0.15, 0.2) is 0 Å². The van der Waals surface area contributed by atoms with E-state index >= 15 is 0 Å². The average Bonchev–Trinajstić information content (AvgIpc) is 2.84. The molecule has 0 bridgehead atoms. The van der Waals surface area contributed by atoms with Crippen LogP contribution in [0.2, 0.25) is 0 Å². The summed E-state index contributed by atoms with van der Waals surface area (Å²) in [5, 5.41) is 3.79. The van der Waals surface area contributed by atoms with Crippen molar-refractivity contribution in [1.82, 2.24) is 10.2 Å². The molecule has 3 nitrogen and oxygen atoms in total. The molecule has 3 heteroatoms. The number of ether oxygens (including phenoxy) is 1. The third-order valence-electron chi connectivity index (χ3n) is 5.65. The molecule has 3 unspecified atom stereocenters. The summed E-state index contributed by atoms with van der Waals surface area (Å²) in [7, 11) is 0. The zero-order valence-electron chi connectivity index (χ0n) is 14.1. The van der Waals surface area contributed by atoms with Gasteiger partial charge in [0.05, 0.1) is 12.2 Å². The van der Waals surface area contributed by atoms with E-state index in [0.717, 1.165) is 13.1 Å². The molecule has 0 spiro atoms. The maximum Gasteiger partial charge on any atom is 0.0706 e. The Bertz CT molecular complexity index is 301. The Kier molecular flexibility index (Phi) is 5.49. The fraction of sp³-hybridized carbons (Fsp3) is 1.00. The van der Waals surface area contributed by atoms with Gasteiger partial charge in [-0.3, -0.25) is 4.90 Å². The molecule has 2 aliphatic heterocycles. The summed E-state index contributed by atoms with van der Waals surface area (Å²) in [5.41, 5.74) is 0.334. The molecule has 118 valence electrons. The standard InChI is InChI=1S/C17H34N2O/c1-6-17(7-2)12-18-16(13(3)4)11-19(17)10-15-9-8-14(5)20-15/h13-16,18H,6-12H2,1-5H3. The Hall–Kier alpha value is -0.120. The maximum absolute atomic E-state index is 6.08. The van der Waals surface area contributed by atoms with Crippen LogP contribution in [0.3, 0.4) is 0 Å². The molecule has 2 heterocycles. The summed E-state index contributed by atoms with van der Waals surface area (Å²) >= 11 is 0. The Morgan fingerprint density at radius 2 is 1.95 bits per heavy atom. The van der Waals surface area contributed by atoms with Crippen LogP contribution in [0, 0.1) is 5.92 Å². The highest BCUT2D eigenvalue weighted by Crippen LogP contribution is 2.31. The third kappa shape index (κ3) is 3.37. The number of hydrogen-bond acceptors (Lipinski definition) is 3. The zero-order valence-corrected chi connectivity index (χ0v) is 14.1. The molecule has 0 aliphatic carbocycles. The Morgan fingerprint density at radius 3 is 2.45 bits per heavy atom. The molecule has 2 saturated heterocycles. The van der Waals surface area contributed by atoms with Gasteiger partial charge in [-0.05, 0) is 38.5 Å². The first-order valence-corrected chi connectivity index (χ1v) is 8.64. The van der Waals surface area contributed by atoms with E-state index < -0.39 is 0 Å². The van der Waals surface area contributed by atoms with Crippen molar-refractivity contribution in [1.29, 1.82) is 0 Å². The van der Waals surface area contributed by atoms with E-state index in [0.29, 0.717) is 29.7 Å². The van der Waals surface area contributed by atoms with Crippen LogP contribution in [0.5, 0.6) is 0 Å². The molecule has 0 radical (unpaired) electrons. The summed E-state index contributed by atoms with van der Waals surface area (Å²) in [6.45, 7) is 15.0. The van der Waals surface area contributed by atoms with Crippen LogP contribution in [-0.4, -0.2) is 48.3 Å². The van der Waals surface area contributed by atoms with Crippen molar-refractivity contribution in [3.05, 3.63) is 0 Å². The van der Waals surface area contributed by atoms with Gasteiger partial charge in [-0.1, -0.05) is 27.7 Å². The minimum absolute atomic E-state index is 0.334. The van der Waals surface area contributed by atoms with Crippen molar-refractivity contribution >= 4 is 0 Å². The van der Waals surface area contributed by atoms with Crippen LogP contribution in [-0.2, 0) is 4.74 Å². The number of nitrogens with zero attached hydrogens (tertiary/aromatic N) is 1. The lowest BCUT2D eigenvalue weighted by Crippen LogP contribution is -2.66. The highest BCUT2D eigenvalue weighted by atomic mass is 16.5. The molecule has 0 aromatic rings.